The van der Waals surface area contributed by atoms with Gasteiger partial charge in [-0.2, -0.15) is 0 Å². The minimum absolute atomic E-state index is 0.138. The third-order valence-corrected chi connectivity index (χ3v) is 4.58. The molecule has 0 fully saturated rings. The molecule has 3 aromatic rings. The Kier molecular flexibility index (Phi) is 4.74. The van der Waals surface area contributed by atoms with Crippen LogP contribution in [0, 0.1) is 6.07 Å². The van der Waals surface area contributed by atoms with Crippen LogP contribution in [0.1, 0.15) is 41.5 Å². The summed E-state index contributed by atoms with van der Waals surface area (Å²) in [6.45, 7) is 0.592. The number of amides is 1. The quantitative estimate of drug-likeness (QED) is 0.773. The van der Waals surface area contributed by atoms with Crippen molar-refractivity contribution in [1.29, 1.82) is 0 Å². The van der Waals surface area contributed by atoms with Crippen molar-refractivity contribution in [3.05, 3.63) is 76.7 Å². The Labute approximate surface area is 156 Å². The number of aromatic nitrogens is 4. The highest BCUT2D eigenvalue weighted by Gasteiger charge is 2.24. The number of fused-ring (bicyclic) bond motifs is 1. The molecule has 0 bridgehead atoms. The van der Waals surface area contributed by atoms with Crippen molar-refractivity contribution in [3.63, 3.8) is 0 Å². The molecule has 1 unspecified atom stereocenters. The lowest BCUT2D eigenvalue weighted by molar-refractivity contribution is 0.0932. The van der Waals surface area contributed by atoms with E-state index < -0.39 is 0 Å². The van der Waals surface area contributed by atoms with Crippen LogP contribution in [0.25, 0.3) is 11.4 Å². The van der Waals surface area contributed by atoms with Crippen LogP contribution in [0.3, 0.4) is 0 Å². The van der Waals surface area contributed by atoms with Crippen LogP contribution in [-0.2, 0) is 6.54 Å². The second-order valence-electron chi connectivity index (χ2n) is 6.38. The van der Waals surface area contributed by atoms with Crippen LogP contribution in [0.15, 0.2) is 53.7 Å². The van der Waals surface area contributed by atoms with Crippen molar-refractivity contribution in [1.82, 2.24) is 24.8 Å². The Morgan fingerprint density at radius 3 is 2.93 bits per heavy atom. The third kappa shape index (κ3) is 3.62. The predicted molar refractivity (Wildman–Crippen MR) is 98.9 cm³/mol. The topological polar surface area (TPSA) is 89.8 Å². The summed E-state index contributed by atoms with van der Waals surface area (Å²) in [5, 5.41) is 3.01. The Morgan fingerprint density at radius 2 is 2.15 bits per heavy atom. The molecule has 27 heavy (non-hydrogen) atoms. The first-order valence-electron chi connectivity index (χ1n) is 8.88. The normalized spacial score (nSPS) is 16.2. The lowest BCUT2D eigenvalue weighted by Crippen LogP contribution is -2.34. The molecule has 2 aromatic heterocycles. The minimum Gasteiger partial charge on any atom is -0.342 e. The molecule has 1 atom stereocenters. The van der Waals surface area contributed by atoms with E-state index in [0.717, 1.165) is 19.3 Å². The Morgan fingerprint density at radius 1 is 1.22 bits per heavy atom. The molecule has 1 aromatic carbocycles. The van der Waals surface area contributed by atoms with E-state index in [0.29, 0.717) is 29.3 Å². The Balaban J connectivity index is 1.72. The highest BCUT2D eigenvalue weighted by atomic mass is 16.2. The molecule has 0 saturated heterocycles. The molecule has 0 saturated carbocycles. The fourth-order valence-electron chi connectivity index (χ4n) is 3.24. The molecule has 4 rings (SSSR count). The van der Waals surface area contributed by atoms with Crippen molar-refractivity contribution in [2.45, 2.75) is 31.8 Å². The number of carbonyl (C=O) groups is 1. The van der Waals surface area contributed by atoms with E-state index in [-0.39, 0.29) is 17.5 Å². The molecule has 135 valence electrons. The summed E-state index contributed by atoms with van der Waals surface area (Å²) in [6, 6.07) is 12.8. The van der Waals surface area contributed by atoms with E-state index in [9.17, 15) is 9.59 Å². The van der Waals surface area contributed by atoms with Crippen molar-refractivity contribution >= 4 is 5.91 Å². The zero-order chi connectivity index (χ0) is 18.6. The van der Waals surface area contributed by atoms with Crippen LogP contribution >= 0.6 is 0 Å². The summed E-state index contributed by atoms with van der Waals surface area (Å²) in [6.07, 6.45) is 5.52. The SMILES string of the molecule is O=C(NC1CCCCn2c1nc(-c1ccncn1)cc2=O)c1[c]cccc1. The van der Waals surface area contributed by atoms with E-state index in [4.69, 9.17) is 0 Å². The largest absolute Gasteiger partial charge is 0.342 e. The maximum atomic E-state index is 12.7. The maximum absolute atomic E-state index is 12.7. The van der Waals surface area contributed by atoms with Gasteiger partial charge in [-0.05, 0) is 37.5 Å². The minimum atomic E-state index is -0.344. The summed E-state index contributed by atoms with van der Waals surface area (Å²) in [5.74, 6) is 0.341. The molecule has 0 aliphatic carbocycles. The Bertz CT molecular complexity index is 1000. The van der Waals surface area contributed by atoms with Crippen molar-refractivity contribution < 1.29 is 4.79 Å². The molecule has 3 heterocycles. The number of nitrogens with one attached hydrogen (secondary N) is 1. The van der Waals surface area contributed by atoms with Gasteiger partial charge < -0.3 is 5.32 Å². The number of rotatable bonds is 3. The van der Waals surface area contributed by atoms with Gasteiger partial charge in [-0.3, -0.25) is 14.2 Å². The summed E-state index contributed by atoms with van der Waals surface area (Å²) in [7, 11) is 0. The number of hydrogen-bond donors (Lipinski definition) is 1. The van der Waals surface area contributed by atoms with Crippen LogP contribution in [0.2, 0.25) is 0 Å². The lowest BCUT2D eigenvalue weighted by Gasteiger charge is -2.19. The molecule has 1 aliphatic rings. The predicted octanol–water partition coefficient (Wildman–Crippen LogP) is 2.16. The van der Waals surface area contributed by atoms with Crippen LogP contribution in [0.5, 0.6) is 0 Å². The van der Waals surface area contributed by atoms with Crippen molar-refractivity contribution in [3.8, 4) is 11.4 Å². The van der Waals surface area contributed by atoms with E-state index >= 15 is 0 Å². The second-order valence-corrected chi connectivity index (χ2v) is 6.38. The van der Waals surface area contributed by atoms with E-state index in [1.807, 2.05) is 6.07 Å². The molecule has 7 nitrogen and oxygen atoms in total. The zero-order valence-electron chi connectivity index (χ0n) is 14.6. The fraction of sp³-hybridized carbons (Fsp3) is 0.250. The molecule has 1 amide bonds. The maximum Gasteiger partial charge on any atom is 0.254 e. The van der Waals surface area contributed by atoms with Crippen LogP contribution in [0.4, 0.5) is 0 Å². The molecule has 1 aliphatic heterocycles. The average Bonchev–Trinajstić information content (AvgIpc) is 2.92. The number of benzene rings is 1. The summed E-state index contributed by atoms with van der Waals surface area (Å²) >= 11 is 0. The summed E-state index contributed by atoms with van der Waals surface area (Å²) < 4.78 is 1.65. The van der Waals surface area contributed by atoms with Gasteiger partial charge in [0.25, 0.3) is 11.5 Å². The van der Waals surface area contributed by atoms with Crippen LogP contribution in [-0.4, -0.2) is 25.4 Å². The number of carbonyl (C=O) groups excluding carboxylic acids is 1. The number of hydrogen-bond acceptors (Lipinski definition) is 5. The van der Waals surface area contributed by atoms with Gasteiger partial charge >= 0.3 is 0 Å². The van der Waals surface area contributed by atoms with Crippen molar-refractivity contribution in [2.75, 3.05) is 0 Å². The Hall–Kier alpha value is -3.35. The first kappa shape index (κ1) is 17.1. The highest BCUT2D eigenvalue weighted by Crippen LogP contribution is 2.24. The van der Waals surface area contributed by atoms with Gasteiger partial charge in [0, 0.05) is 24.4 Å². The van der Waals surface area contributed by atoms with Crippen LogP contribution < -0.4 is 10.9 Å². The average molecular weight is 360 g/mol. The number of nitrogens with zero attached hydrogens (tertiary/aromatic N) is 4. The monoisotopic (exact) mass is 360 g/mol. The van der Waals surface area contributed by atoms with E-state index in [1.54, 1.807) is 35.0 Å². The molecular formula is C20H18N5O2. The standard InChI is InChI=1S/C20H18N5O2/c26-18-12-17(15-9-10-21-13-22-15)23-19-16(8-4-5-11-25(18)19)24-20(27)14-6-2-1-3-7-14/h1-3,6,9-10,12-13,16H,4-5,8,11H2,(H,24,27). The van der Waals surface area contributed by atoms with E-state index in [1.165, 1.54) is 12.4 Å². The molecule has 0 spiro atoms. The van der Waals surface area contributed by atoms with Gasteiger partial charge in [0.15, 0.2) is 0 Å². The van der Waals surface area contributed by atoms with Gasteiger partial charge in [0.2, 0.25) is 0 Å². The zero-order valence-corrected chi connectivity index (χ0v) is 14.6. The van der Waals surface area contributed by atoms with E-state index in [2.05, 4.69) is 26.3 Å². The summed E-state index contributed by atoms with van der Waals surface area (Å²) in [4.78, 5) is 38.0. The first-order chi connectivity index (χ1) is 13.2. The van der Waals surface area contributed by atoms with Crippen molar-refractivity contribution in [2.24, 2.45) is 0 Å². The van der Waals surface area contributed by atoms with Gasteiger partial charge in [-0.1, -0.05) is 18.2 Å². The van der Waals surface area contributed by atoms with Gasteiger partial charge in [-0.25, -0.2) is 15.0 Å². The third-order valence-electron chi connectivity index (χ3n) is 4.58. The first-order valence-corrected chi connectivity index (χ1v) is 8.88. The van der Waals surface area contributed by atoms with Gasteiger partial charge in [0.1, 0.15) is 12.2 Å². The second kappa shape index (κ2) is 7.49. The highest BCUT2D eigenvalue weighted by molar-refractivity contribution is 5.94. The molecular weight excluding hydrogens is 342 g/mol. The van der Waals surface area contributed by atoms with Gasteiger partial charge in [-0.15, -0.1) is 0 Å². The smallest absolute Gasteiger partial charge is 0.254 e. The fourth-order valence-corrected chi connectivity index (χ4v) is 3.24. The molecule has 1 radical (unpaired) electrons. The van der Waals surface area contributed by atoms with Gasteiger partial charge in [0.05, 0.1) is 17.4 Å². The lowest BCUT2D eigenvalue weighted by atomic mass is 10.1. The molecule has 7 heteroatoms. The summed E-state index contributed by atoms with van der Waals surface area (Å²) in [5.41, 5.74) is 1.39. The molecule has 1 N–H and O–H groups in total.